The van der Waals surface area contributed by atoms with Crippen molar-refractivity contribution >= 4 is 51.7 Å². The van der Waals surface area contributed by atoms with E-state index < -0.39 is 0 Å². The first kappa shape index (κ1) is 22.4. The predicted octanol–water partition coefficient (Wildman–Crippen LogP) is 3.95. The number of anilines is 1. The molecule has 0 bridgehead atoms. The largest absolute Gasteiger partial charge is 0.454 e. The van der Waals surface area contributed by atoms with E-state index in [1.807, 2.05) is 38.1 Å². The molecule has 0 radical (unpaired) electrons. The van der Waals surface area contributed by atoms with Crippen LogP contribution in [0.4, 0.5) is 5.82 Å². The molecular weight excluding hydrogens is 472 g/mol. The van der Waals surface area contributed by atoms with E-state index in [2.05, 4.69) is 5.32 Å². The van der Waals surface area contributed by atoms with Gasteiger partial charge in [0.05, 0.1) is 10.5 Å². The first-order chi connectivity index (χ1) is 16.5. The summed E-state index contributed by atoms with van der Waals surface area (Å²) in [5.41, 5.74) is 2.41. The third-order valence-corrected chi connectivity index (χ3v) is 6.96. The van der Waals surface area contributed by atoms with Crippen molar-refractivity contribution in [1.29, 1.82) is 0 Å². The van der Waals surface area contributed by atoms with Gasteiger partial charge in [0.15, 0.2) is 11.5 Å². The number of carbonyl (C=O) groups is 1. The molecule has 8 nitrogen and oxygen atoms in total. The molecule has 2 aromatic heterocycles. The zero-order chi connectivity index (χ0) is 23.8. The van der Waals surface area contributed by atoms with Crippen LogP contribution in [0.5, 0.6) is 11.5 Å². The normalized spacial score (nSPS) is 16.2. The molecular formula is C24H22N4O4S2. The second-order valence-electron chi connectivity index (χ2n) is 7.94. The van der Waals surface area contributed by atoms with Crippen LogP contribution in [-0.2, 0) is 11.3 Å². The predicted molar refractivity (Wildman–Crippen MR) is 136 cm³/mol. The number of ether oxygens (including phenoxy) is 2. The molecule has 34 heavy (non-hydrogen) atoms. The van der Waals surface area contributed by atoms with Crippen LogP contribution >= 0.6 is 24.0 Å². The van der Waals surface area contributed by atoms with Gasteiger partial charge in [0.2, 0.25) is 6.79 Å². The molecule has 0 unspecified atom stereocenters. The average molecular weight is 495 g/mol. The Labute approximate surface area is 205 Å². The van der Waals surface area contributed by atoms with E-state index in [1.165, 1.54) is 16.2 Å². The Bertz CT molecular complexity index is 1420. The van der Waals surface area contributed by atoms with E-state index >= 15 is 0 Å². The SMILES string of the molecule is CCCN1C(=O)/C(=C/c2c(NCc3ccc4c(c3)OCO4)nc3c(C)cccn3c2=O)SC1=S. The van der Waals surface area contributed by atoms with Gasteiger partial charge >= 0.3 is 0 Å². The highest BCUT2D eigenvalue weighted by Crippen LogP contribution is 2.34. The number of rotatable bonds is 6. The smallest absolute Gasteiger partial charge is 0.267 e. The zero-order valence-corrected chi connectivity index (χ0v) is 20.3. The lowest BCUT2D eigenvalue weighted by atomic mass is 10.2. The molecule has 1 amide bonds. The Morgan fingerprint density at radius 2 is 2.06 bits per heavy atom. The number of thiocarbonyl (C=S) groups is 1. The summed E-state index contributed by atoms with van der Waals surface area (Å²) in [6, 6.07) is 9.37. The molecule has 1 fully saturated rings. The Kier molecular flexibility index (Phi) is 6.01. The van der Waals surface area contributed by atoms with Crippen LogP contribution in [0.2, 0.25) is 0 Å². The van der Waals surface area contributed by atoms with Gasteiger partial charge < -0.3 is 14.8 Å². The van der Waals surface area contributed by atoms with Gasteiger partial charge in [-0.05, 0) is 48.7 Å². The lowest BCUT2D eigenvalue weighted by Crippen LogP contribution is -2.28. The van der Waals surface area contributed by atoms with Crippen molar-refractivity contribution in [2.24, 2.45) is 0 Å². The summed E-state index contributed by atoms with van der Waals surface area (Å²) in [6.45, 7) is 5.05. The number of carbonyl (C=O) groups excluding carboxylic acids is 1. The molecule has 1 saturated heterocycles. The van der Waals surface area contributed by atoms with Gasteiger partial charge in [-0.15, -0.1) is 0 Å². The highest BCUT2D eigenvalue weighted by Gasteiger charge is 2.32. The number of thioether (sulfide) groups is 1. The lowest BCUT2D eigenvalue weighted by Gasteiger charge is -2.13. The van der Waals surface area contributed by atoms with Gasteiger partial charge in [0, 0.05) is 19.3 Å². The zero-order valence-electron chi connectivity index (χ0n) is 18.7. The first-order valence-corrected chi connectivity index (χ1v) is 12.1. The third-order valence-electron chi connectivity index (χ3n) is 5.58. The van der Waals surface area contributed by atoms with Gasteiger partial charge in [-0.1, -0.05) is 43.0 Å². The second kappa shape index (κ2) is 9.11. The standard InChI is InChI=1S/C24H22N4O4S2/c1-3-8-28-23(30)19(34-24(28)33)11-16-20(26-21-14(2)5-4-9-27(21)22(16)29)25-12-15-6-7-17-18(10-15)32-13-31-17/h4-7,9-11,25H,3,8,12-13H2,1-2H3/b19-11-. The van der Waals surface area contributed by atoms with Crippen molar-refractivity contribution < 1.29 is 14.3 Å². The second-order valence-corrected chi connectivity index (χ2v) is 9.61. The highest BCUT2D eigenvalue weighted by molar-refractivity contribution is 8.26. The summed E-state index contributed by atoms with van der Waals surface area (Å²) < 4.78 is 12.8. The number of aromatic nitrogens is 2. The van der Waals surface area contributed by atoms with E-state index in [-0.39, 0.29) is 18.3 Å². The molecule has 0 atom stereocenters. The van der Waals surface area contributed by atoms with E-state index in [0.29, 0.717) is 50.8 Å². The Hall–Kier alpha value is -3.37. The molecule has 3 aromatic rings. The number of hydrogen-bond donors (Lipinski definition) is 1. The van der Waals surface area contributed by atoms with Crippen LogP contribution in [0, 0.1) is 6.92 Å². The molecule has 2 aliphatic rings. The maximum Gasteiger partial charge on any atom is 0.267 e. The number of amides is 1. The summed E-state index contributed by atoms with van der Waals surface area (Å²) >= 11 is 6.59. The minimum absolute atomic E-state index is 0.188. The number of pyridine rings is 1. The quantitative estimate of drug-likeness (QED) is 0.407. The molecule has 5 rings (SSSR count). The summed E-state index contributed by atoms with van der Waals surface area (Å²) in [7, 11) is 0. The summed E-state index contributed by atoms with van der Waals surface area (Å²) in [5, 5.41) is 3.28. The average Bonchev–Trinajstić information content (AvgIpc) is 3.40. The number of nitrogens with zero attached hydrogens (tertiary/aromatic N) is 3. The van der Waals surface area contributed by atoms with E-state index in [4.69, 9.17) is 26.7 Å². The number of nitrogens with one attached hydrogen (secondary N) is 1. The molecule has 0 saturated carbocycles. The van der Waals surface area contributed by atoms with Gasteiger partial charge in [-0.3, -0.25) is 18.9 Å². The van der Waals surface area contributed by atoms with Gasteiger partial charge in [-0.2, -0.15) is 0 Å². The van der Waals surface area contributed by atoms with Crippen LogP contribution < -0.4 is 20.3 Å². The Morgan fingerprint density at radius 1 is 1.24 bits per heavy atom. The summed E-state index contributed by atoms with van der Waals surface area (Å²) in [6.07, 6.45) is 4.07. The number of aryl methyl sites for hydroxylation is 1. The fourth-order valence-corrected chi connectivity index (χ4v) is 5.15. The molecule has 10 heteroatoms. The van der Waals surface area contributed by atoms with Crippen LogP contribution in [0.15, 0.2) is 46.2 Å². The van der Waals surface area contributed by atoms with Crippen molar-refractivity contribution in [2.75, 3.05) is 18.7 Å². The maximum atomic E-state index is 13.5. The first-order valence-electron chi connectivity index (χ1n) is 10.9. The van der Waals surface area contributed by atoms with Crippen molar-refractivity contribution in [3.05, 3.63) is 68.5 Å². The molecule has 174 valence electrons. The van der Waals surface area contributed by atoms with Crippen LogP contribution in [-0.4, -0.2) is 37.8 Å². The van der Waals surface area contributed by atoms with Crippen molar-refractivity contribution in [3.8, 4) is 11.5 Å². The lowest BCUT2D eigenvalue weighted by molar-refractivity contribution is -0.122. The summed E-state index contributed by atoms with van der Waals surface area (Å²) in [4.78, 5) is 33.1. The molecule has 0 spiro atoms. The van der Waals surface area contributed by atoms with Crippen molar-refractivity contribution in [2.45, 2.75) is 26.8 Å². The molecule has 1 N–H and O–H groups in total. The van der Waals surface area contributed by atoms with Gasteiger partial charge in [0.1, 0.15) is 15.8 Å². The third kappa shape index (κ3) is 4.03. The Morgan fingerprint density at radius 3 is 2.88 bits per heavy atom. The Balaban J connectivity index is 1.55. The fraction of sp³-hybridized carbons (Fsp3) is 0.250. The molecule has 4 heterocycles. The van der Waals surface area contributed by atoms with Crippen LogP contribution in [0.25, 0.3) is 11.7 Å². The van der Waals surface area contributed by atoms with E-state index in [0.717, 1.165) is 17.5 Å². The highest BCUT2D eigenvalue weighted by atomic mass is 32.2. The van der Waals surface area contributed by atoms with Gasteiger partial charge in [-0.25, -0.2) is 4.98 Å². The minimum Gasteiger partial charge on any atom is -0.454 e. The fourth-order valence-electron chi connectivity index (χ4n) is 3.86. The van der Waals surface area contributed by atoms with E-state index in [1.54, 1.807) is 23.2 Å². The molecule has 2 aliphatic heterocycles. The monoisotopic (exact) mass is 494 g/mol. The molecule has 0 aliphatic carbocycles. The van der Waals surface area contributed by atoms with Crippen molar-refractivity contribution in [1.82, 2.24) is 14.3 Å². The molecule has 1 aromatic carbocycles. The van der Waals surface area contributed by atoms with Crippen LogP contribution in [0.1, 0.15) is 30.0 Å². The number of hydrogen-bond acceptors (Lipinski definition) is 8. The number of benzene rings is 1. The van der Waals surface area contributed by atoms with Crippen LogP contribution in [0.3, 0.4) is 0 Å². The maximum absolute atomic E-state index is 13.5. The topological polar surface area (TPSA) is 85.2 Å². The van der Waals surface area contributed by atoms with Crippen molar-refractivity contribution in [3.63, 3.8) is 0 Å². The summed E-state index contributed by atoms with van der Waals surface area (Å²) in [5.74, 6) is 1.60. The van der Waals surface area contributed by atoms with Gasteiger partial charge in [0.25, 0.3) is 11.5 Å². The minimum atomic E-state index is -0.261. The van der Waals surface area contributed by atoms with E-state index in [9.17, 15) is 9.59 Å². The number of fused-ring (bicyclic) bond motifs is 2.